The molecule has 0 spiro atoms. The molecule has 1 aromatic rings. The van der Waals surface area contributed by atoms with Crippen LogP contribution in [0.1, 0.15) is 42.9 Å². The minimum absolute atomic E-state index is 0.414. The number of nitrogens with zero attached hydrogens (tertiary/aromatic N) is 2. The number of hydrogen-bond acceptors (Lipinski definition) is 3. The molecule has 3 rings (SSSR count). The summed E-state index contributed by atoms with van der Waals surface area (Å²) in [6, 6.07) is 7.13. The van der Waals surface area contributed by atoms with Crippen molar-refractivity contribution in [2.45, 2.75) is 44.2 Å². The molecule has 1 aliphatic heterocycles. The smallest absolute Gasteiger partial charge is 0.115 e. The van der Waals surface area contributed by atoms with Crippen molar-refractivity contribution in [3.05, 3.63) is 29.3 Å². The van der Waals surface area contributed by atoms with Gasteiger partial charge in [-0.25, -0.2) is 0 Å². The van der Waals surface area contributed by atoms with Crippen LogP contribution >= 0.6 is 0 Å². The fraction of sp³-hybridized carbons (Fsp3) is 0.647. The van der Waals surface area contributed by atoms with Crippen LogP contribution in [-0.2, 0) is 6.42 Å². The zero-order valence-electron chi connectivity index (χ0n) is 12.7. The Morgan fingerprint density at radius 3 is 2.85 bits per heavy atom. The Morgan fingerprint density at radius 2 is 2.05 bits per heavy atom. The molecule has 0 saturated carbocycles. The van der Waals surface area contributed by atoms with Gasteiger partial charge in [0, 0.05) is 18.6 Å². The molecule has 1 heterocycles. The molecule has 2 aliphatic rings. The molecule has 0 radical (unpaired) electrons. The van der Waals surface area contributed by atoms with Crippen molar-refractivity contribution in [1.82, 2.24) is 9.80 Å². The van der Waals surface area contributed by atoms with E-state index >= 15 is 0 Å². The van der Waals surface area contributed by atoms with Crippen molar-refractivity contribution >= 4 is 0 Å². The maximum atomic E-state index is 9.82. The Hall–Kier alpha value is -1.06. The third-order valence-corrected chi connectivity index (χ3v) is 5.01. The topological polar surface area (TPSA) is 26.7 Å². The maximum absolute atomic E-state index is 9.82. The average molecular weight is 274 g/mol. The van der Waals surface area contributed by atoms with Crippen LogP contribution in [0.5, 0.6) is 5.75 Å². The van der Waals surface area contributed by atoms with Gasteiger partial charge in [-0.15, -0.1) is 0 Å². The fourth-order valence-corrected chi connectivity index (χ4v) is 3.83. The number of phenolic OH excluding ortho intramolecular Hbond substituents is 1. The maximum Gasteiger partial charge on any atom is 0.115 e. The van der Waals surface area contributed by atoms with Gasteiger partial charge in [-0.2, -0.15) is 0 Å². The molecule has 0 amide bonds. The van der Waals surface area contributed by atoms with E-state index in [-0.39, 0.29) is 0 Å². The number of fused-ring (bicyclic) bond motifs is 1. The van der Waals surface area contributed by atoms with E-state index in [2.05, 4.69) is 30.0 Å². The number of aromatic hydroxyl groups is 1. The molecule has 1 N–H and O–H groups in total. The predicted octanol–water partition coefficient (Wildman–Crippen LogP) is 2.80. The highest BCUT2D eigenvalue weighted by Crippen LogP contribution is 2.37. The average Bonchev–Trinajstić information content (AvgIpc) is 2.46. The molecule has 0 bridgehead atoms. The van der Waals surface area contributed by atoms with Crippen LogP contribution < -0.4 is 0 Å². The van der Waals surface area contributed by atoms with E-state index in [9.17, 15) is 5.11 Å². The second-order valence-corrected chi connectivity index (χ2v) is 6.55. The second-order valence-electron chi connectivity index (χ2n) is 6.55. The van der Waals surface area contributed by atoms with E-state index in [1.165, 1.54) is 43.4 Å². The number of phenols is 1. The van der Waals surface area contributed by atoms with Crippen molar-refractivity contribution in [2.24, 2.45) is 0 Å². The summed E-state index contributed by atoms with van der Waals surface area (Å²) in [7, 11) is 4.38. The van der Waals surface area contributed by atoms with E-state index in [0.29, 0.717) is 17.8 Å². The summed E-state index contributed by atoms with van der Waals surface area (Å²) in [5.41, 5.74) is 2.81. The SMILES string of the molecule is CN(C)C1CCCN(C2CCCc3ccc(O)cc32)C1. The number of rotatable bonds is 2. The minimum Gasteiger partial charge on any atom is -0.508 e. The summed E-state index contributed by atoms with van der Waals surface area (Å²) in [6.45, 7) is 2.36. The summed E-state index contributed by atoms with van der Waals surface area (Å²) < 4.78 is 0. The molecule has 1 fully saturated rings. The monoisotopic (exact) mass is 274 g/mol. The molecule has 1 saturated heterocycles. The van der Waals surface area contributed by atoms with E-state index in [1.807, 2.05) is 12.1 Å². The third-order valence-electron chi connectivity index (χ3n) is 5.01. The molecule has 3 nitrogen and oxygen atoms in total. The third kappa shape index (κ3) is 2.70. The molecule has 1 aliphatic carbocycles. The highest BCUT2D eigenvalue weighted by molar-refractivity contribution is 5.38. The predicted molar refractivity (Wildman–Crippen MR) is 82.1 cm³/mol. The Kier molecular flexibility index (Phi) is 3.99. The normalized spacial score (nSPS) is 27.6. The van der Waals surface area contributed by atoms with Gasteiger partial charge in [-0.05, 0) is 76.0 Å². The highest BCUT2D eigenvalue weighted by Gasteiger charge is 2.30. The van der Waals surface area contributed by atoms with Gasteiger partial charge in [-0.1, -0.05) is 6.07 Å². The van der Waals surface area contributed by atoms with Crippen molar-refractivity contribution in [3.8, 4) is 5.75 Å². The molecule has 0 aromatic heterocycles. The Morgan fingerprint density at radius 1 is 1.20 bits per heavy atom. The van der Waals surface area contributed by atoms with Crippen LogP contribution in [0.3, 0.4) is 0 Å². The second kappa shape index (κ2) is 5.74. The number of aryl methyl sites for hydroxylation is 1. The van der Waals surface area contributed by atoms with Crippen molar-refractivity contribution < 1.29 is 5.11 Å². The molecule has 1 aromatic carbocycles. The molecule has 2 unspecified atom stereocenters. The first-order chi connectivity index (χ1) is 9.65. The van der Waals surface area contributed by atoms with Gasteiger partial charge in [0.15, 0.2) is 0 Å². The van der Waals surface area contributed by atoms with E-state index < -0.39 is 0 Å². The number of likely N-dealkylation sites (N-methyl/N-ethyl adjacent to an activating group) is 1. The molecule has 20 heavy (non-hydrogen) atoms. The number of piperidine rings is 1. The molecule has 2 atom stereocenters. The number of benzene rings is 1. The van der Waals surface area contributed by atoms with Gasteiger partial charge < -0.3 is 10.0 Å². The summed E-state index contributed by atoms with van der Waals surface area (Å²) >= 11 is 0. The van der Waals surface area contributed by atoms with Gasteiger partial charge in [-0.3, -0.25) is 4.90 Å². The van der Waals surface area contributed by atoms with Crippen molar-refractivity contribution in [3.63, 3.8) is 0 Å². The summed E-state index contributed by atoms with van der Waals surface area (Å²) in [4.78, 5) is 5.00. The van der Waals surface area contributed by atoms with E-state index in [1.54, 1.807) is 0 Å². The van der Waals surface area contributed by atoms with Gasteiger partial charge in [0.05, 0.1) is 0 Å². The van der Waals surface area contributed by atoms with Crippen LogP contribution in [0.4, 0.5) is 0 Å². The summed E-state index contributed by atoms with van der Waals surface area (Å²) in [5.74, 6) is 0.414. The highest BCUT2D eigenvalue weighted by atomic mass is 16.3. The van der Waals surface area contributed by atoms with Gasteiger partial charge in [0.1, 0.15) is 5.75 Å². The first kappa shape index (κ1) is 13.9. The number of hydrogen-bond donors (Lipinski definition) is 1. The van der Waals surface area contributed by atoms with Crippen LogP contribution in [-0.4, -0.2) is 48.1 Å². The lowest BCUT2D eigenvalue weighted by molar-refractivity contribution is 0.0877. The molecular formula is C17H26N2O. The summed E-state index contributed by atoms with van der Waals surface area (Å²) in [5, 5.41) is 9.82. The minimum atomic E-state index is 0.414. The standard InChI is InChI=1S/C17H26N2O/c1-18(2)14-6-4-10-19(12-14)17-7-3-5-13-8-9-15(20)11-16(13)17/h8-9,11,14,17,20H,3-7,10,12H2,1-2H3. The molecular weight excluding hydrogens is 248 g/mol. The first-order valence-electron chi connectivity index (χ1n) is 7.87. The largest absolute Gasteiger partial charge is 0.508 e. The number of likely N-dealkylation sites (tertiary alicyclic amines) is 1. The Labute approximate surface area is 122 Å². The van der Waals surface area contributed by atoms with Gasteiger partial charge >= 0.3 is 0 Å². The van der Waals surface area contributed by atoms with Crippen LogP contribution in [0.2, 0.25) is 0 Å². The zero-order valence-corrected chi connectivity index (χ0v) is 12.7. The van der Waals surface area contributed by atoms with E-state index in [4.69, 9.17) is 0 Å². The lowest BCUT2D eigenvalue weighted by atomic mass is 9.85. The van der Waals surface area contributed by atoms with Crippen LogP contribution in [0.15, 0.2) is 18.2 Å². The van der Waals surface area contributed by atoms with Gasteiger partial charge in [0.25, 0.3) is 0 Å². The summed E-state index contributed by atoms with van der Waals surface area (Å²) in [6.07, 6.45) is 6.26. The van der Waals surface area contributed by atoms with Gasteiger partial charge in [0.2, 0.25) is 0 Å². The van der Waals surface area contributed by atoms with E-state index in [0.717, 1.165) is 13.0 Å². The quantitative estimate of drug-likeness (QED) is 0.898. The van der Waals surface area contributed by atoms with Crippen LogP contribution in [0, 0.1) is 0 Å². The lowest BCUT2D eigenvalue weighted by Crippen LogP contribution is -2.46. The van der Waals surface area contributed by atoms with Crippen LogP contribution in [0.25, 0.3) is 0 Å². The molecule has 3 heteroatoms. The lowest BCUT2D eigenvalue weighted by Gasteiger charge is -2.42. The van der Waals surface area contributed by atoms with Crippen molar-refractivity contribution in [1.29, 1.82) is 0 Å². The Balaban J connectivity index is 1.83. The molecule has 110 valence electrons. The van der Waals surface area contributed by atoms with Crippen molar-refractivity contribution in [2.75, 3.05) is 27.2 Å². The Bertz CT molecular complexity index is 472. The first-order valence-corrected chi connectivity index (χ1v) is 7.87. The zero-order chi connectivity index (χ0) is 14.1. The fourth-order valence-electron chi connectivity index (χ4n) is 3.83.